The van der Waals surface area contributed by atoms with Gasteiger partial charge in [0.05, 0.1) is 23.9 Å². The number of rotatable bonds is 7. The first-order valence-electron chi connectivity index (χ1n) is 12.8. The van der Waals surface area contributed by atoms with Gasteiger partial charge >= 0.3 is 5.97 Å². The van der Waals surface area contributed by atoms with Crippen molar-refractivity contribution in [3.8, 4) is 5.75 Å². The molecule has 0 saturated heterocycles. The van der Waals surface area contributed by atoms with Crippen molar-refractivity contribution in [1.82, 2.24) is 4.90 Å². The van der Waals surface area contributed by atoms with Gasteiger partial charge in [-0.1, -0.05) is 0 Å². The Morgan fingerprint density at radius 3 is 2.38 bits per heavy atom. The number of carbonyl (C=O) groups is 4. The first kappa shape index (κ1) is 28.9. The molecule has 3 aliphatic carbocycles. The van der Waals surface area contributed by atoms with Crippen molar-refractivity contribution in [1.29, 1.82) is 0 Å². The van der Waals surface area contributed by atoms with Gasteiger partial charge in [-0.25, -0.2) is 0 Å². The fraction of sp³-hybridized carbons (Fsp3) is 0.481. The number of aromatic hydroxyl groups is 1. The van der Waals surface area contributed by atoms with Crippen molar-refractivity contribution in [2.24, 2.45) is 17.6 Å². The van der Waals surface area contributed by atoms with Crippen molar-refractivity contribution < 1.29 is 44.3 Å². The van der Waals surface area contributed by atoms with Crippen molar-refractivity contribution in [3.63, 3.8) is 0 Å². The third kappa shape index (κ3) is 4.16. The lowest BCUT2D eigenvalue weighted by atomic mass is 9.57. The van der Waals surface area contributed by atoms with E-state index in [-0.39, 0.29) is 42.8 Å². The monoisotopic (exact) mass is 558 g/mol. The summed E-state index contributed by atoms with van der Waals surface area (Å²) in [5.41, 5.74) is 2.62. The summed E-state index contributed by atoms with van der Waals surface area (Å²) in [7, 11) is 6.58. The Bertz CT molecular complexity index is 1380. The lowest BCUT2D eigenvalue weighted by Crippen LogP contribution is -2.65. The van der Waals surface area contributed by atoms with Gasteiger partial charge in [-0.3, -0.25) is 24.1 Å². The number of fused-ring (bicyclic) bond motifs is 3. The number of ketones is 2. The Labute approximate surface area is 230 Å². The van der Waals surface area contributed by atoms with E-state index in [4.69, 9.17) is 10.5 Å². The number of primary amides is 1. The number of esters is 1. The molecule has 0 bridgehead atoms. The molecule has 13 nitrogen and oxygen atoms in total. The Hall–Kier alpha value is -4.10. The fourth-order valence-corrected chi connectivity index (χ4v) is 6.21. The molecule has 40 heavy (non-hydrogen) atoms. The minimum absolute atomic E-state index is 0.0117. The van der Waals surface area contributed by atoms with E-state index in [0.717, 1.165) is 0 Å². The molecule has 0 unspecified atom stereocenters. The quantitative estimate of drug-likeness (QED) is 0.149. The largest absolute Gasteiger partial charge is 0.508 e. The highest BCUT2D eigenvalue weighted by molar-refractivity contribution is 6.24. The molecule has 4 rings (SSSR count). The first-order chi connectivity index (χ1) is 18.7. The van der Waals surface area contributed by atoms with E-state index in [0.29, 0.717) is 11.3 Å². The molecule has 1 saturated carbocycles. The smallest absolute Gasteiger partial charge is 0.325 e. The number of phenolic OH excluding ortho intramolecular Hbond substituents is 1. The van der Waals surface area contributed by atoms with Crippen LogP contribution in [0.2, 0.25) is 0 Å². The highest BCUT2D eigenvalue weighted by Gasteiger charge is 2.64. The van der Waals surface area contributed by atoms with Crippen molar-refractivity contribution in [2.75, 3.05) is 51.6 Å². The van der Waals surface area contributed by atoms with Crippen molar-refractivity contribution in [2.45, 2.75) is 31.4 Å². The summed E-state index contributed by atoms with van der Waals surface area (Å²) >= 11 is 0. The zero-order valence-corrected chi connectivity index (χ0v) is 22.9. The maximum absolute atomic E-state index is 14.0. The number of phenols is 1. The lowest BCUT2D eigenvalue weighted by molar-refractivity contribution is -0.153. The lowest BCUT2D eigenvalue weighted by Gasteiger charge is -2.50. The van der Waals surface area contributed by atoms with E-state index in [1.165, 1.54) is 4.90 Å². The number of Topliss-reactive ketones (excluding diaryl/α,β-unsaturated/α-hetero) is 2. The first-order valence-corrected chi connectivity index (χ1v) is 12.8. The fourth-order valence-electron chi connectivity index (χ4n) is 6.21. The molecular weight excluding hydrogens is 524 g/mol. The van der Waals surface area contributed by atoms with Gasteiger partial charge in [-0.2, -0.15) is 0 Å². The number of carbonyl (C=O) groups excluding carboxylic acids is 4. The molecule has 1 aromatic carbocycles. The number of hydrogen-bond acceptors (Lipinski definition) is 12. The van der Waals surface area contributed by atoms with Crippen LogP contribution in [-0.4, -0.2) is 102 Å². The summed E-state index contributed by atoms with van der Waals surface area (Å²) in [5.74, 6) is -7.82. The summed E-state index contributed by atoms with van der Waals surface area (Å²) < 4.78 is 4.92. The van der Waals surface area contributed by atoms with Gasteiger partial charge in [-0.05, 0) is 51.4 Å². The third-order valence-electron chi connectivity index (χ3n) is 7.91. The van der Waals surface area contributed by atoms with Gasteiger partial charge < -0.3 is 41.1 Å². The summed E-state index contributed by atoms with van der Waals surface area (Å²) in [5, 5.41) is 48.1. The topological polar surface area (TPSA) is 203 Å². The van der Waals surface area contributed by atoms with Crippen LogP contribution in [0.4, 0.5) is 11.4 Å². The predicted octanol–water partition coefficient (Wildman–Crippen LogP) is 0.00500. The number of benzene rings is 1. The third-order valence-corrected chi connectivity index (χ3v) is 7.91. The van der Waals surface area contributed by atoms with Crippen LogP contribution in [0.25, 0.3) is 5.76 Å². The molecule has 0 aromatic heterocycles. The van der Waals surface area contributed by atoms with E-state index < -0.39 is 69.8 Å². The SMILES string of the molecule is CCOC(=O)CNc1cc(N(C)C)c2c(c1O)C(O)=C1C(=O)[C@@]3(O)C(O)=C(C(N)=O)C(=O)[C@@H](N(C)C)[C@H]3C[C@H]1C2. The second-order valence-corrected chi connectivity index (χ2v) is 10.7. The molecule has 13 heteroatoms. The second kappa shape index (κ2) is 10.1. The number of anilines is 2. The number of nitrogens with one attached hydrogen (secondary N) is 1. The maximum atomic E-state index is 14.0. The molecule has 3 aliphatic rings. The van der Waals surface area contributed by atoms with Gasteiger partial charge in [-0.15, -0.1) is 0 Å². The molecule has 0 aliphatic heterocycles. The number of aliphatic hydroxyl groups is 3. The van der Waals surface area contributed by atoms with Crippen LogP contribution < -0.4 is 16.0 Å². The highest BCUT2D eigenvalue weighted by atomic mass is 16.5. The summed E-state index contributed by atoms with van der Waals surface area (Å²) in [6.45, 7) is 1.54. The van der Waals surface area contributed by atoms with E-state index in [1.807, 2.05) is 0 Å². The minimum atomic E-state index is -2.72. The number of hydrogen-bond donors (Lipinski definition) is 6. The van der Waals surface area contributed by atoms with E-state index in [1.54, 1.807) is 46.1 Å². The van der Waals surface area contributed by atoms with Gasteiger partial charge in [0.2, 0.25) is 5.78 Å². The minimum Gasteiger partial charge on any atom is -0.508 e. The van der Waals surface area contributed by atoms with E-state index in [9.17, 15) is 39.6 Å². The van der Waals surface area contributed by atoms with Crippen LogP contribution >= 0.6 is 0 Å². The number of likely N-dealkylation sites (N-methyl/N-ethyl adjacent to an activating group) is 1. The Morgan fingerprint density at radius 1 is 1.18 bits per heavy atom. The Morgan fingerprint density at radius 2 is 1.82 bits per heavy atom. The molecule has 4 atom stereocenters. The number of nitrogens with two attached hydrogens (primary N) is 1. The van der Waals surface area contributed by atoms with Gasteiger partial charge in [0, 0.05) is 31.3 Å². The normalized spacial score (nSPS) is 25.8. The van der Waals surface area contributed by atoms with Crippen LogP contribution in [0.15, 0.2) is 23.0 Å². The van der Waals surface area contributed by atoms with Crippen molar-refractivity contribution >= 4 is 40.6 Å². The number of amides is 1. The molecule has 0 radical (unpaired) electrons. The average Bonchev–Trinajstić information content (AvgIpc) is 2.85. The second-order valence-electron chi connectivity index (χ2n) is 10.7. The van der Waals surface area contributed by atoms with Crippen LogP contribution in [0.1, 0.15) is 24.5 Å². The van der Waals surface area contributed by atoms with Gasteiger partial charge in [0.1, 0.15) is 29.4 Å². The van der Waals surface area contributed by atoms with Crippen LogP contribution in [0.5, 0.6) is 5.75 Å². The zero-order valence-electron chi connectivity index (χ0n) is 22.9. The van der Waals surface area contributed by atoms with E-state index in [2.05, 4.69) is 5.32 Å². The summed E-state index contributed by atoms with van der Waals surface area (Å²) in [6, 6.07) is 0.446. The number of aliphatic hydroxyl groups excluding tert-OH is 2. The van der Waals surface area contributed by atoms with Crippen molar-refractivity contribution in [3.05, 3.63) is 34.1 Å². The molecule has 1 aromatic rings. The van der Waals surface area contributed by atoms with Crippen LogP contribution in [0.3, 0.4) is 0 Å². The standard InChI is InChI=1S/C27H34N4O9/c1-6-40-16(32)10-29-14-9-15(30(2)3)12-7-11-8-13-20(31(4)5)23(35)19(26(28)38)25(37)27(13,39)24(36)17(11)22(34)18(12)21(14)33/h9,11,13,20,29,33-34,37,39H,6-8,10H2,1-5H3,(H2,28,38)/t11-,13-,20+,27-/m1/s1. The maximum Gasteiger partial charge on any atom is 0.325 e. The van der Waals surface area contributed by atoms with E-state index >= 15 is 0 Å². The molecule has 0 spiro atoms. The number of nitrogens with zero attached hydrogens (tertiary/aromatic N) is 2. The molecule has 0 heterocycles. The Kier molecular flexibility index (Phi) is 7.32. The van der Waals surface area contributed by atoms with Gasteiger partial charge in [0.15, 0.2) is 11.4 Å². The Balaban J connectivity index is 1.92. The van der Waals surface area contributed by atoms with Crippen LogP contribution in [-0.2, 0) is 30.3 Å². The van der Waals surface area contributed by atoms with Gasteiger partial charge in [0.25, 0.3) is 5.91 Å². The predicted molar refractivity (Wildman–Crippen MR) is 144 cm³/mol. The molecule has 1 fully saturated rings. The van der Waals surface area contributed by atoms with Crippen LogP contribution in [0, 0.1) is 11.8 Å². The number of ether oxygens (including phenoxy) is 1. The summed E-state index contributed by atoms with van der Waals surface area (Å²) in [6.07, 6.45) is 0.135. The summed E-state index contributed by atoms with van der Waals surface area (Å²) in [4.78, 5) is 54.4. The highest BCUT2D eigenvalue weighted by Crippen LogP contribution is 2.54. The zero-order chi connectivity index (χ0) is 29.8. The molecular formula is C27H34N4O9. The molecule has 1 amide bonds. The molecule has 7 N–H and O–H groups in total. The average molecular weight is 559 g/mol. The molecule has 216 valence electrons.